The lowest BCUT2D eigenvalue weighted by Gasteiger charge is -2.33. The molecule has 2 fully saturated rings. The van der Waals surface area contributed by atoms with Gasteiger partial charge < -0.3 is 9.15 Å². The summed E-state index contributed by atoms with van der Waals surface area (Å²) in [5.74, 6) is 1.09. The largest absolute Gasteiger partial charge is 0.468 e. The van der Waals surface area contributed by atoms with Crippen molar-refractivity contribution in [1.82, 2.24) is 4.90 Å². The normalized spacial score (nSPS) is 25.2. The minimum atomic E-state index is 0.435. The Morgan fingerprint density at radius 3 is 2.63 bits per heavy atom. The fourth-order valence-corrected chi connectivity index (χ4v) is 3.43. The van der Waals surface area contributed by atoms with E-state index >= 15 is 0 Å². The molecular weight excluding hydrogens is 238 g/mol. The Hall–Kier alpha value is -0.800. The van der Waals surface area contributed by atoms with Gasteiger partial charge in [-0.05, 0) is 44.2 Å². The van der Waals surface area contributed by atoms with Gasteiger partial charge >= 0.3 is 0 Å². The van der Waals surface area contributed by atoms with Gasteiger partial charge in [-0.3, -0.25) is 4.90 Å². The predicted molar refractivity (Wildman–Crippen MR) is 75.0 cm³/mol. The standard InChI is InChI=1S/C16H25NO2/c1-2-7-14(6-1)17(13-16-9-5-11-19-16)12-15-8-3-4-10-18-15/h5,9,11,14-15H,1-4,6-8,10,12-13H2/t15-/m1/s1. The molecule has 1 saturated carbocycles. The molecule has 0 amide bonds. The van der Waals surface area contributed by atoms with Crippen molar-refractivity contribution < 1.29 is 9.15 Å². The van der Waals surface area contributed by atoms with E-state index in [0.717, 1.165) is 31.5 Å². The Bertz CT molecular complexity index is 351. The molecule has 0 aromatic carbocycles. The second-order valence-corrected chi connectivity index (χ2v) is 5.94. The molecule has 2 aliphatic rings. The summed E-state index contributed by atoms with van der Waals surface area (Å²) in [6.07, 6.45) is 11.4. The van der Waals surface area contributed by atoms with Crippen LogP contribution in [-0.4, -0.2) is 30.2 Å². The molecule has 0 bridgehead atoms. The Morgan fingerprint density at radius 1 is 1.11 bits per heavy atom. The quantitative estimate of drug-likeness (QED) is 0.812. The minimum absolute atomic E-state index is 0.435. The van der Waals surface area contributed by atoms with Crippen molar-refractivity contribution in [2.45, 2.75) is 63.6 Å². The summed E-state index contributed by atoms with van der Waals surface area (Å²) >= 11 is 0. The first-order valence-corrected chi connectivity index (χ1v) is 7.80. The molecule has 1 saturated heterocycles. The van der Waals surface area contributed by atoms with Gasteiger partial charge in [-0.2, -0.15) is 0 Å². The highest BCUT2D eigenvalue weighted by Gasteiger charge is 2.26. The number of ether oxygens (including phenoxy) is 1. The van der Waals surface area contributed by atoms with Crippen LogP contribution in [0.15, 0.2) is 22.8 Å². The van der Waals surface area contributed by atoms with Gasteiger partial charge in [0.05, 0.1) is 18.9 Å². The van der Waals surface area contributed by atoms with Crippen LogP contribution in [0.5, 0.6) is 0 Å². The molecule has 3 nitrogen and oxygen atoms in total. The average Bonchev–Trinajstić information content (AvgIpc) is 3.12. The van der Waals surface area contributed by atoms with Crippen molar-refractivity contribution in [2.75, 3.05) is 13.2 Å². The molecule has 0 unspecified atom stereocenters. The molecule has 1 atom stereocenters. The minimum Gasteiger partial charge on any atom is -0.468 e. The average molecular weight is 263 g/mol. The first kappa shape index (κ1) is 13.2. The Morgan fingerprint density at radius 2 is 1.95 bits per heavy atom. The summed E-state index contributed by atoms with van der Waals surface area (Å²) < 4.78 is 11.4. The van der Waals surface area contributed by atoms with Gasteiger partial charge in [-0.15, -0.1) is 0 Å². The summed E-state index contributed by atoms with van der Waals surface area (Å²) in [7, 11) is 0. The highest BCUT2D eigenvalue weighted by atomic mass is 16.5. The summed E-state index contributed by atoms with van der Waals surface area (Å²) in [5.41, 5.74) is 0. The fraction of sp³-hybridized carbons (Fsp3) is 0.750. The first-order valence-electron chi connectivity index (χ1n) is 7.80. The lowest BCUT2D eigenvalue weighted by Crippen LogP contribution is -2.40. The number of furan rings is 1. The summed E-state index contributed by atoms with van der Waals surface area (Å²) in [6.45, 7) is 2.97. The van der Waals surface area contributed by atoms with Gasteiger partial charge in [0.2, 0.25) is 0 Å². The second kappa shape index (κ2) is 6.58. The monoisotopic (exact) mass is 263 g/mol. The molecule has 19 heavy (non-hydrogen) atoms. The first-order chi connectivity index (χ1) is 9.42. The number of hydrogen-bond acceptors (Lipinski definition) is 3. The predicted octanol–water partition coefficient (Wildman–Crippen LogP) is 3.59. The smallest absolute Gasteiger partial charge is 0.117 e. The van der Waals surface area contributed by atoms with Crippen LogP contribution < -0.4 is 0 Å². The van der Waals surface area contributed by atoms with Crippen LogP contribution in [0.4, 0.5) is 0 Å². The molecule has 0 radical (unpaired) electrons. The highest BCUT2D eigenvalue weighted by Crippen LogP contribution is 2.26. The maximum absolute atomic E-state index is 5.91. The van der Waals surface area contributed by atoms with Gasteiger partial charge in [0, 0.05) is 19.2 Å². The summed E-state index contributed by atoms with van der Waals surface area (Å²) in [5, 5.41) is 0. The van der Waals surface area contributed by atoms with Gasteiger partial charge in [-0.1, -0.05) is 12.8 Å². The molecule has 1 aliphatic carbocycles. The second-order valence-electron chi connectivity index (χ2n) is 5.94. The molecule has 1 aromatic heterocycles. The number of hydrogen-bond donors (Lipinski definition) is 0. The van der Waals surface area contributed by atoms with Crippen molar-refractivity contribution in [1.29, 1.82) is 0 Å². The Kier molecular flexibility index (Phi) is 4.57. The summed E-state index contributed by atoms with van der Waals surface area (Å²) in [4.78, 5) is 2.60. The number of nitrogens with zero attached hydrogens (tertiary/aromatic N) is 1. The Labute approximate surface area is 115 Å². The molecule has 2 heterocycles. The highest BCUT2D eigenvalue weighted by molar-refractivity contribution is 4.99. The van der Waals surface area contributed by atoms with Gasteiger partial charge in [0.25, 0.3) is 0 Å². The van der Waals surface area contributed by atoms with Crippen molar-refractivity contribution in [3.8, 4) is 0 Å². The van der Waals surface area contributed by atoms with Crippen LogP contribution in [0.3, 0.4) is 0 Å². The molecule has 1 aromatic rings. The van der Waals surface area contributed by atoms with Crippen LogP contribution in [0.2, 0.25) is 0 Å². The molecule has 0 N–H and O–H groups in total. The van der Waals surface area contributed by atoms with Crippen molar-refractivity contribution in [3.05, 3.63) is 24.2 Å². The van der Waals surface area contributed by atoms with Gasteiger partial charge in [0.1, 0.15) is 5.76 Å². The third-order valence-corrected chi connectivity index (χ3v) is 4.49. The lowest BCUT2D eigenvalue weighted by atomic mass is 10.1. The third kappa shape index (κ3) is 3.61. The zero-order chi connectivity index (χ0) is 12.9. The molecule has 106 valence electrons. The Balaban J connectivity index is 1.61. The van der Waals surface area contributed by atoms with E-state index in [-0.39, 0.29) is 0 Å². The van der Waals surface area contributed by atoms with Gasteiger partial charge in [-0.25, -0.2) is 0 Å². The van der Waals surface area contributed by atoms with E-state index in [1.54, 1.807) is 6.26 Å². The molecular formula is C16H25NO2. The van der Waals surface area contributed by atoms with Gasteiger partial charge in [0.15, 0.2) is 0 Å². The van der Waals surface area contributed by atoms with Crippen molar-refractivity contribution in [2.24, 2.45) is 0 Å². The van der Waals surface area contributed by atoms with Crippen molar-refractivity contribution in [3.63, 3.8) is 0 Å². The van der Waals surface area contributed by atoms with E-state index in [4.69, 9.17) is 9.15 Å². The van der Waals surface area contributed by atoms with Crippen LogP contribution in [0.25, 0.3) is 0 Å². The summed E-state index contributed by atoms with van der Waals surface area (Å²) in [6, 6.07) is 4.80. The zero-order valence-corrected chi connectivity index (χ0v) is 11.7. The van der Waals surface area contributed by atoms with E-state index in [1.807, 2.05) is 6.07 Å². The fourth-order valence-electron chi connectivity index (χ4n) is 3.43. The van der Waals surface area contributed by atoms with Crippen LogP contribution in [-0.2, 0) is 11.3 Å². The maximum Gasteiger partial charge on any atom is 0.117 e. The molecule has 0 spiro atoms. The van der Waals surface area contributed by atoms with E-state index < -0.39 is 0 Å². The number of rotatable bonds is 5. The van der Waals surface area contributed by atoms with E-state index in [0.29, 0.717) is 6.10 Å². The zero-order valence-electron chi connectivity index (χ0n) is 11.7. The van der Waals surface area contributed by atoms with Crippen LogP contribution in [0.1, 0.15) is 50.7 Å². The third-order valence-electron chi connectivity index (χ3n) is 4.49. The van der Waals surface area contributed by atoms with E-state index in [1.165, 1.54) is 44.9 Å². The topological polar surface area (TPSA) is 25.6 Å². The lowest BCUT2D eigenvalue weighted by molar-refractivity contribution is -0.0165. The van der Waals surface area contributed by atoms with Crippen LogP contribution >= 0.6 is 0 Å². The SMILES string of the molecule is c1coc(CN(C[C@H]2CCCCO2)C2CCCC2)c1. The maximum atomic E-state index is 5.91. The van der Waals surface area contributed by atoms with Crippen molar-refractivity contribution >= 4 is 0 Å². The van der Waals surface area contributed by atoms with E-state index in [2.05, 4.69) is 11.0 Å². The molecule has 3 heteroatoms. The molecule has 1 aliphatic heterocycles. The van der Waals surface area contributed by atoms with E-state index in [9.17, 15) is 0 Å². The van der Waals surface area contributed by atoms with Crippen LogP contribution in [0, 0.1) is 0 Å². The molecule has 3 rings (SSSR count).